The number of hydrogen-bond acceptors (Lipinski definition) is 2. The number of carboxylic acids is 1. The van der Waals surface area contributed by atoms with E-state index in [2.05, 4.69) is 0 Å². The normalized spacial score (nSPS) is 11.0. The Morgan fingerprint density at radius 1 is 1.75 bits per heavy atom. The molecule has 0 spiro atoms. The Morgan fingerprint density at radius 2 is 1.75 bits per heavy atom. The van der Waals surface area contributed by atoms with Gasteiger partial charge in [0.05, 0.1) is 0 Å². The molecule has 0 aromatic heterocycles. The van der Waals surface area contributed by atoms with Gasteiger partial charge in [-0.2, -0.15) is 0 Å². The predicted molar refractivity (Wildman–Crippen MR) is 30.8 cm³/mol. The summed E-state index contributed by atoms with van der Waals surface area (Å²) in [6, 6.07) is 0. The molecule has 1 unspecified atom stereocenters. The van der Waals surface area contributed by atoms with E-state index < -0.39 is 11.5 Å². The molecule has 0 aliphatic heterocycles. The highest BCUT2D eigenvalue weighted by atomic mass is 35.5. The Bertz CT molecular complexity index is 55.5. The first-order valence-electron chi connectivity index (χ1n) is 1.98. The maximum Gasteiger partial charge on any atom is 0.300 e. The average molecular weight is 141 g/mol. The molecule has 3 nitrogen and oxygen atoms in total. The molecule has 0 aliphatic carbocycles. The minimum atomic E-state index is -0.833. The molecule has 0 rings (SSSR count). The van der Waals surface area contributed by atoms with Crippen LogP contribution in [0.25, 0.3) is 0 Å². The van der Waals surface area contributed by atoms with E-state index in [0.29, 0.717) is 0 Å². The van der Waals surface area contributed by atoms with Crippen molar-refractivity contribution in [1.82, 2.24) is 0 Å². The second-order valence-electron chi connectivity index (χ2n) is 1.09. The van der Waals surface area contributed by atoms with Gasteiger partial charge in [0.2, 0.25) is 0 Å². The summed E-state index contributed by atoms with van der Waals surface area (Å²) in [4.78, 5) is 9.00. The molecule has 8 heavy (non-hydrogen) atoms. The second kappa shape index (κ2) is 6.72. The first-order valence-corrected chi connectivity index (χ1v) is 2.42. The number of carbonyl (C=O) groups is 1. The van der Waals surface area contributed by atoms with Crippen LogP contribution in [0.3, 0.4) is 0 Å². The summed E-state index contributed by atoms with van der Waals surface area (Å²) in [5.74, 6) is -0.833. The van der Waals surface area contributed by atoms with Gasteiger partial charge in [-0.1, -0.05) is 11.6 Å². The summed E-state index contributed by atoms with van der Waals surface area (Å²) in [6.07, 6.45) is 0. The highest BCUT2D eigenvalue weighted by Gasteiger charge is 1.72. The quantitative estimate of drug-likeness (QED) is 0.486. The van der Waals surface area contributed by atoms with Crippen LogP contribution < -0.4 is 0 Å². The number of carboxylic acid groups (broad SMARTS) is 1. The smallest absolute Gasteiger partial charge is 0.300 e. The van der Waals surface area contributed by atoms with Crippen molar-refractivity contribution in [3.63, 3.8) is 0 Å². The van der Waals surface area contributed by atoms with Crippen LogP contribution in [0.1, 0.15) is 13.8 Å². The maximum atomic E-state index is 9.00. The number of halogens is 1. The van der Waals surface area contributed by atoms with Crippen molar-refractivity contribution >= 4 is 17.6 Å². The Labute approximate surface area is 52.9 Å². The molecule has 0 fully saturated rings. The van der Waals surface area contributed by atoms with Crippen molar-refractivity contribution in [2.45, 2.75) is 19.4 Å². The predicted octanol–water partition coefficient (Wildman–Crippen LogP) is 0.654. The molecule has 0 bridgehead atoms. The lowest BCUT2D eigenvalue weighted by atomic mass is 10.9. The zero-order chi connectivity index (χ0) is 7.15. The molecule has 0 saturated carbocycles. The van der Waals surface area contributed by atoms with Crippen molar-refractivity contribution in [3.8, 4) is 0 Å². The summed E-state index contributed by atoms with van der Waals surface area (Å²) >= 11 is 4.83. The molecule has 0 aromatic carbocycles. The molecule has 1 atom stereocenters. The summed E-state index contributed by atoms with van der Waals surface area (Å²) in [5, 5.41) is 15.2. The number of aliphatic hydroxyl groups is 1. The molecule has 0 saturated heterocycles. The van der Waals surface area contributed by atoms with Crippen LogP contribution in [0.4, 0.5) is 0 Å². The largest absolute Gasteiger partial charge is 0.481 e. The molecule has 0 radical (unpaired) electrons. The van der Waals surface area contributed by atoms with Gasteiger partial charge in [0.15, 0.2) is 0 Å². The number of aliphatic carboxylic acids is 1. The molecule has 2 N–H and O–H groups in total. The fourth-order valence-corrected chi connectivity index (χ4v) is 0. The molecular weight excluding hydrogens is 131 g/mol. The van der Waals surface area contributed by atoms with Crippen LogP contribution in [0, 0.1) is 0 Å². The molecular formula is C4H9ClO3. The number of hydrogen-bond donors (Lipinski definition) is 2. The summed E-state index contributed by atoms with van der Waals surface area (Å²) < 4.78 is 0. The Morgan fingerprint density at radius 3 is 1.75 bits per heavy atom. The van der Waals surface area contributed by atoms with E-state index in [4.69, 9.17) is 26.6 Å². The molecule has 0 aromatic rings. The van der Waals surface area contributed by atoms with Crippen LogP contribution >= 0.6 is 11.6 Å². The van der Waals surface area contributed by atoms with E-state index in [1.54, 1.807) is 0 Å². The lowest BCUT2D eigenvalue weighted by Crippen LogP contribution is -1.79. The minimum Gasteiger partial charge on any atom is -0.481 e. The van der Waals surface area contributed by atoms with Crippen molar-refractivity contribution < 1.29 is 15.0 Å². The SMILES string of the molecule is CC(=O)O.CC(O)Cl. The van der Waals surface area contributed by atoms with Gasteiger partial charge >= 0.3 is 0 Å². The van der Waals surface area contributed by atoms with Crippen molar-refractivity contribution in [3.05, 3.63) is 0 Å². The molecule has 0 amide bonds. The molecule has 4 heteroatoms. The van der Waals surface area contributed by atoms with Crippen molar-refractivity contribution in [2.24, 2.45) is 0 Å². The second-order valence-corrected chi connectivity index (χ2v) is 1.72. The van der Waals surface area contributed by atoms with Gasteiger partial charge in [0.1, 0.15) is 5.56 Å². The van der Waals surface area contributed by atoms with Crippen LogP contribution in [0.15, 0.2) is 0 Å². The minimum absolute atomic E-state index is 0.694. The van der Waals surface area contributed by atoms with Crippen LogP contribution in [-0.4, -0.2) is 21.7 Å². The monoisotopic (exact) mass is 140 g/mol. The van der Waals surface area contributed by atoms with E-state index in [-0.39, 0.29) is 0 Å². The van der Waals surface area contributed by atoms with Gasteiger partial charge in [0, 0.05) is 6.92 Å². The van der Waals surface area contributed by atoms with Gasteiger partial charge in [0.25, 0.3) is 5.97 Å². The third-order valence-corrected chi connectivity index (χ3v) is 0. The summed E-state index contributed by atoms with van der Waals surface area (Å²) in [5.41, 5.74) is -0.694. The standard InChI is InChI=1S/C2H5ClO.C2H4O2/c2*1-2(3)4/h2,4H,1H3;1H3,(H,3,4). The fraction of sp³-hybridized carbons (Fsp3) is 0.750. The highest BCUT2D eigenvalue weighted by molar-refractivity contribution is 6.19. The van der Waals surface area contributed by atoms with Gasteiger partial charge in [-0.05, 0) is 6.92 Å². The van der Waals surface area contributed by atoms with Crippen molar-refractivity contribution in [2.75, 3.05) is 0 Å². The van der Waals surface area contributed by atoms with E-state index in [0.717, 1.165) is 6.92 Å². The van der Waals surface area contributed by atoms with Gasteiger partial charge in [-0.25, -0.2) is 0 Å². The Hall–Kier alpha value is -0.280. The maximum absolute atomic E-state index is 9.00. The van der Waals surface area contributed by atoms with Gasteiger partial charge < -0.3 is 10.2 Å². The lowest BCUT2D eigenvalue weighted by molar-refractivity contribution is -0.134. The number of alkyl halides is 1. The zero-order valence-corrected chi connectivity index (χ0v) is 5.51. The fourth-order valence-electron chi connectivity index (χ4n) is 0. The summed E-state index contributed by atoms with van der Waals surface area (Å²) in [7, 11) is 0. The first-order chi connectivity index (χ1) is 3.46. The summed E-state index contributed by atoms with van der Waals surface area (Å²) in [6.45, 7) is 2.57. The average Bonchev–Trinajstić information content (AvgIpc) is 1.25. The Balaban J connectivity index is 0. The number of rotatable bonds is 0. The van der Waals surface area contributed by atoms with E-state index in [1.807, 2.05) is 0 Å². The molecule has 0 heterocycles. The van der Waals surface area contributed by atoms with E-state index in [1.165, 1.54) is 6.92 Å². The van der Waals surface area contributed by atoms with E-state index >= 15 is 0 Å². The Kier molecular flexibility index (Phi) is 8.95. The lowest BCUT2D eigenvalue weighted by Gasteiger charge is -1.77. The molecule has 50 valence electrons. The van der Waals surface area contributed by atoms with Crippen molar-refractivity contribution in [1.29, 1.82) is 0 Å². The first kappa shape index (κ1) is 10.7. The van der Waals surface area contributed by atoms with Crippen LogP contribution in [-0.2, 0) is 4.79 Å². The molecule has 0 aliphatic rings. The van der Waals surface area contributed by atoms with Crippen LogP contribution in [0.5, 0.6) is 0 Å². The third-order valence-electron chi connectivity index (χ3n) is 0. The van der Waals surface area contributed by atoms with Crippen LogP contribution in [0.2, 0.25) is 0 Å². The number of aliphatic hydroxyl groups excluding tert-OH is 1. The highest BCUT2D eigenvalue weighted by Crippen LogP contribution is 1.79. The van der Waals surface area contributed by atoms with E-state index in [9.17, 15) is 0 Å². The topological polar surface area (TPSA) is 57.5 Å². The third kappa shape index (κ3) is 1630. The van der Waals surface area contributed by atoms with Gasteiger partial charge in [-0.15, -0.1) is 0 Å². The zero-order valence-electron chi connectivity index (χ0n) is 4.76. The van der Waals surface area contributed by atoms with Gasteiger partial charge in [-0.3, -0.25) is 4.79 Å².